The molecule has 3 aromatic rings. The molecule has 138 valence electrons. The lowest BCUT2D eigenvalue weighted by atomic mass is 10.2. The molecule has 0 spiro atoms. The molecule has 0 atom stereocenters. The van der Waals surface area contributed by atoms with E-state index in [0.29, 0.717) is 22.3 Å². The van der Waals surface area contributed by atoms with Gasteiger partial charge in [0.15, 0.2) is 0 Å². The number of ether oxygens (including phenoxy) is 1. The van der Waals surface area contributed by atoms with E-state index in [0.717, 1.165) is 22.0 Å². The Bertz CT molecular complexity index is 1080. The lowest BCUT2D eigenvalue weighted by Gasteiger charge is -2.11. The lowest BCUT2D eigenvalue weighted by Crippen LogP contribution is -2.30. The number of amides is 1. The standard InChI is InChI=1S/C17H15BrN6O3/c1-9-7-19-17(22-21-9)20-14(25)8-24-16(26)12-5-2-10(18)6-13(12)15(23-24)27-11-3-4-11/h2,5-7,11H,3-4,8H2,1H3,(H,19,20,22,25). The third-order valence-corrected chi connectivity index (χ3v) is 4.41. The molecule has 10 heteroatoms. The third-order valence-electron chi connectivity index (χ3n) is 3.91. The molecule has 1 aromatic carbocycles. The highest BCUT2D eigenvalue weighted by atomic mass is 79.9. The first-order valence-electron chi connectivity index (χ1n) is 8.33. The number of nitrogens with zero attached hydrogens (tertiary/aromatic N) is 5. The van der Waals surface area contributed by atoms with Crippen LogP contribution in [0.5, 0.6) is 5.88 Å². The molecule has 1 N–H and O–H groups in total. The van der Waals surface area contributed by atoms with Gasteiger partial charge in [0.25, 0.3) is 5.56 Å². The van der Waals surface area contributed by atoms with Gasteiger partial charge in [-0.3, -0.25) is 14.9 Å². The summed E-state index contributed by atoms with van der Waals surface area (Å²) in [6.07, 6.45) is 3.50. The maximum Gasteiger partial charge on any atom is 0.275 e. The maximum absolute atomic E-state index is 12.7. The van der Waals surface area contributed by atoms with Crippen LogP contribution >= 0.6 is 15.9 Å². The van der Waals surface area contributed by atoms with Crippen molar-refractivity contribution in [2.24, 2.45) is 0 Å². The van der Waals surface area contributed by atoms with Crippen LogP contribution in [0.3, 0.4) is 0 Å². The van der Waals surface area contributed by atoms with Crippen LogP contribution in [0, 0.1) is 6.92 Å². The van der Waals surface area contributed by atoms with Crippen molar-refractivity contribution in [3.8, 4) is 5.88 Å². The summed E-state index contributed by atoms with van der Waals surface area (Å²) in [6, 6.07) is 5.24. The summed E-state index contributed by atoms with van der Waals surface area (Å²) in [5.41, 5.74) is 0.257. The minimum Gasteiger partial charge on any atom is -0.473 e. The monoisotopic (exact) mass is 430 g/mol. The van der Waals surface area contributed by atoms with Gasteiger partial charge in [-0.1, -0.05) is 15.9 Å². The Morgan fingerprint density at radius 3 is 2.85 bits per heavy atom. The SMILES string of the molecule is Cc1cnc(NC(=O)Cn2nc(OC3CC3)c3cc(Br)ccc3c2=O)nn1. The van der Waals surface area contributed by atoms with E-state index >= 15 is 0 Å². The summed E-state index contributed by atoms with van der Waals surface area (Å²) >= 11 is 3.40. The number of aromatic nitrogens is 5. The number of fused-ring (bicyclic) bond motifs is 1. The molecule has 1 aliphatic rings. The predicted octanol–water partition coefficient (Wildman–Crippen LogP) is 1.83. The molecule has 2 heterocycles. The molecule has 1 amide bonds. The molecule has 1 fully saturated rings. The zero-order valence-corrected chi connectivity index (χ0v) is 15.9. The van der Waals surface area contributed by atoms with Crippen molar-refractivity contribution in [1.82, 2.24) is 25.0 Å². The summed E-state index contributed by atoms with van der Waals surface area (Å²) in [5.74, 6) is -0.0728. The average Bonchev–Trinajstić information content (AvgIpc) is 3.45. The van der Waals surface area contributed by atoms with Crippen LogP contribution < -0.4 is 15.6 Å². The van der Waals surface area contributed by atoms with Crippen LogP contribution in [-0.2, 0) is 11.3 Å². The summed E-state index contributed by atoms with van der Waals surface area (Å²) in [6.45, 7) is 1.45. The fourth-order valence-electron chi connectivity index (χ4n) is 2.46. The summed E-state index contributed by atoms with van der Waals surface area (Å²) < 4.78 is 7.75. The van der Waals surface area contributed by atoms with E-state index in [1.165, 1.54) is 6.20 Å². The smallest absolute Gasteiger partial charge is 0.275 e. The number of halogens is 1. The van der Waals surface area contributed by atoms with Crippen LogP contribution in [0.25, 0.3) is 10.8 Å². The average molecular weight is 431 g/mol. The van der Waals surface area contributed by atoms with Crippen molar-refractivity contribution in [3.05, 3.63) is 44.9 Å². The minimum atomic E-state index is -0.482. The Labute approximate surface area is 161 Å². The van der Waals surface area contributed by atoms with Gasteiger partial charge in [0.1, 0.15) is 12.6 Å². The molecule has 1 saturated carbocycles. The second kappa shape index (κ2) is 7.03. The number of carbonyl (C=O) groups is 1. The third kappa shape index (κ3) is 3.95. The van der Waals surface area contributed by atoms with Crippen molar-refractivity contribution in [1.29, 1.82) is 0 Å². The molecular weight excluding hydrogens is 416 g/mol. The number of nitrogens with one attached hydrogen (secondary N) is 1. The molecule has 1 aliphatic carbocycles. The van der Waals surface area contributed by atoms with E-state index in [1.807, 2.05) is 0 Å². The Morgan fingerprint density at radius 2 is 2.15 bits per heavy atom. The number of aryl methyl sites for hydroxylation is 1. The minimum absolute atomic E-state index is 0.0674. The van der Waals surface area contributed by atoms with Crippen LogP contribution in [0.2, 0.25) is 0 Å². The zero-order valence-electron chi connectivity index (χ0n) is 14.3. The van der Waals surface area contributed by atoms with Crippen LogP contribution in [0.1, 0.15) is 18.5 Å². The van der Waals surface area contributed by atoms with Gasteiger partial charge in [0, 0.05) is 4.47 Å². The summed E-state index contributed by atoms with van der Waals surface area (Å²) in [7, 11) is 0. The van der Waals surface area contributed by atoms with Gasteiger partial charge in [0.2, 0.25) is 17.7 Å². The fourth-order valence-corrected chi connectivity index (χ4v) is 2.82. The molecule has 2 aromatic heterocycles. The van der Waals surface area contributed by atoms with Crippen LogP contribution in [0.4, 0.5) is 5.95 Å². The van der Waals surface area contributed by atoms with E-state index in [4.69, 9.17) is 4.74 Å². The predicted molar refractivity (Wildman–Crippen MR) is 101 cm³/mol. The zero-order chi connectivity index (χ0) is 19.0. The van der Waals surface area contributed by atoms with Crippen LogP contribution in [0.15, 0.2) is 33.7 Å². The number of rotatable bonds is 5. The van der Waals surface area contributed by atoms with Gasteiger partial charge < -0.3 is 4.74 Å². The lowest BCUT2D eigenvalue weighted by molar-refractivity contribution is -0.117. The number of benzene rings is 1. The van der Waals surface area contributed by atoms with Crippen molar-refractivity contribution in [2.45, 2.75) is 32.4 Å². The highest BCUT2D eigenvalue weighted by Gasteiger charge is 2.26. The number of carbonyl (C=O) groups excluding carboxylic acids is 1. The molecule has 0 aliphatic heterocycles. The van der Waals surface area contributed by atoms with Crippen LogP contribution in [-0.4, -0.2) is 37.0 Å². The van der Waals surface area contributed by atoms with Crippen molar-refractivity contribution in [2.75, 3.05) is 5.32 Å². The Morgan fingerprint density at radius 1 is 1.33 bits per heavy atom. The van der Waals surface area contributed by atoms with Gasteiger partial charge in [-0.05, 0) is 38.0 Å². The molecular formula is C17H15BrN6O3. The molecule has 0 bridgehead atoms. The first kappa shape index (κ1) is 17.5. The second-order valence-electron chi connectivity index (χ2n) is 6.25. The van der Waals surface area contributed by atoms with E-state index < -0.39 is 5.91 Å². The first-order chi connectivity index (χ1) is 13.0. The fraction of sp³-hybridized carbons (Fsp3) is 0.294. The van der Waals surface area contributed by atoms with E-state index in [-0.39, 0.29) is 24.2 Å². The molecule has 9 nitrogen and oxygen atoms in total. The number of anilines is 1. The highest BCUT2D eigenvalue weighted by Crippen LogP contribution is 2.30. The van der Waals surface area contributed by atoms with E-state index in [9.17, 15) is 9.59 Å². The normalized spacial score (nSPS) is 13.6. The number of hydrogen-bond acceptors (Lipinski definition) is 7. The quantitative estimate of drug-likeness (QED) is 0.656. The molecule has 27 heavy (non-hydrogen) atoms. The Balaban J connectivity index is 1.65. The Hall–Kier alpha value is -2.88. The van der Waals surface area contributed by atoms with Gasteiger partial charge in [-0.2, -0.15) is 5.10 Å². The van der Waals surface area contributed by atoms with Gasteiger partial charge in [-0.15, -0.1) is 10.2 Å². The van der Waals surface area contributed by atoms with Gasteiger partial charge in [0.05, 0.1) is 22.7 Å². The topological polar surface area (TPSA) is 112 Å². The molecule has 0 unspecified atom stereocenters. The first-order valence-corrected chi connectivity index (χ1v) is 9.12. The van der Waals surface area contributed by atoms with E-state index in [2.05, 4.69) is 41.5 Å². The van der Waals surface area contributed by atoms with Crippen molar-refractivity contribution in [3.63, 3.8) is 0 Å². The maximum atomic E-state index is 12.7. The van der Waals surface area contributed by atoms with Crippen molar-refractivity contribution < 1.29 is 9.53 Å². The summed E-state index contributed by atoms with van der Waals surface area (Å²) in [4.78, 5) is 29.0. The largest absolute Gasteiger partial charge is 0.473 e. The highest BCUT2D eigenvalue weighted by molar-refractivity contribution is 9.10. The molecule has 0 saturated heterocycles. The number of hydrogen-bond donors (Lipinski definition) is 1. The summed E-state index contributed by atoms with van der Waals surface area (Å²) in [5, 5.41) is 15.4. The Kier molecular flexibility index (Phi) is 4.56. The van der Waals surface area contributed by atoms with E-state index in [1.54, 1.807) is 25.1 Å². The van der Waals surface area contributed by atoms with Gasteiger partial charge in [-0.25, -0.2) is 9.67 Å². The second-order valence-corrected chi connectivity index (χ2v) is 7.16. The molecule has 0 radical (unpaired) electrons. The molecule has 4 rings (SSSR count). The van der Waals surface area contributed by atoms with Crippen molar-refractivity contribution >= 4 is 38.6 Å². The van der Waals surface area contributed by atoms with Gasteiger partial charge >= 0.3 is 0 Å².